The van der Waals surface area contributed by atoms with E-state index < -0.39 is 0 Å². The van der Waals surface area contributed by atoms with Gasteiger partial charge in [0.2, 0.25) is 5.91 Å². The predicted molar refractivity (Wildman–Crippen MR) is 128 cm³/mol. The van der Waals surface area contributed by atoms with Gasteiger partial charge in [-0.25, -0.2) is 14.4 Å². The zero-order chi connectivity index (χ0) is 23.4. The maximum atomic E-state index is 13.4. The van der Waals surface area contributed by atoms with Crippen LogP contribution in [0.4, 0.5) is 9.52 Å². The highest BCUT2D eigenvalue weighted by molar-refractivity contribution is 7.98. The molecule has 168 valence electrons. The molecule has 10 heteroatoms. The van der Waals surface area contributed by atoms with Gasteiger partial charge in [0, 0.05) is 30.1 Å². The van der Waals surface area contributed by atoms with Crippen LogP contribution in [0.15, 0.2) is 65.3 Å². The van der Waals surface area contributed by atoms with Gasteiger partial charge in [0.25, 0.3) is 5.91 Å². The van der Waals surface area contributed by atoms with Crippen molar-refractivity contribution in [2.45, 2.75) is 18.6 Å². The molecule has 0 spiro atoms. The molecule has 2 amide bonds. The molecule has 2 N–H and O–H groups in total. The first-order valence-corrected chi connectivity index (χ1v) is 12.0. The van der Waals surface area contributed by atoms with E-state index in [2.05, 4.69) is 20.6 Å². The third kappa shape index (κ3) is 5.29. The van der Waals surface area contributed by atoms with Crippen molar-refractivity contribution in [3.05, 3.63) is 77.2 Å². The fourth-order valence-corrected chi connectivity index (χ4v) is 4.38. The summed E-state index contributed by atoms with van der Waals surface area (Å²) in [5.41, 5.74) is 3.58. The van der Waals surface area contributed by atoms with Gasteiger partial charge < -0.3 is 5.32 Å². The summed E-state index contributed by atoms with van der Waals surface area (Å²) in [4.78, 5) is 32.9. The number of anilines is 1. The Morgan fingerprint density at radius 1 is 1.12 bits per heavy atom. The van der Waals surface area contributed by atoms with Gasteiger partial charge in [-0.2, -0.15) is 0 Å². The number of nitrogens with zero attached hydrogens (tertiary/aromatic N) is 3. The van der Waals surface area contributed by atoms with E-state index in [9.17, 15) is 14.0 Å². The SMILES string of the molecule is CSc1ncc(C(=O)Nc2nc(-c3ccc(CNC(C)=O)cc3)cs2)n1-c1ccc(F)cc1. The Hall–Kier alpha value is -3.50. The normalized spacial score (nSPS) is 10.8. The number of hydrogen-bond acceptors (Lipinski definition) is 6. The Kier molecular flexibility index (Phi) is 6.85. The van der Waals surface area contributed by atoms with Crippen LogP contribution >= 0.6 is 23.1 Å². The van der Waals surface area contributed by atoms with E-state index in [0.29, 0.717) is 28.2 Å². The zero-order valence-electron chi connectivity index (χ0n) is 17.8. The number of thioether (sulfide) groups is 1. The number of amides is 2. The van der Waals surface area contributed by atoms with Crippen molar-refractivity contribution in [3.8, 4) is 16.9 Å². The molecule has 2 aromatic carbocycles. The molecule has 0 aliphatic heterocycles. The summed E-state index contributed by atoms with van der Waals surface area (Å²) in [6, 6.07) is 13.6. The third-order valence-electron chi connectivity index (χ3n) is 4.75. The van der Waals surface area contributed by atoms with Crippen LogP contribution < -0.4 is 10.6 Å². The van der Waals surface area contributed by atoms with Crippen LogP contribution in [0.5, 0.6) is 0 Å². The van der Waals surface area contributed by atoms with Crippen molar-refractivity contribution in [3.63, 3.8) is 0 Å². The van der Waals surface area contributed by atoms with Gasteiger partial charge in [-0.3, -0.25) is 19.5 Å². The van der Waals surface area contributed by atoms with E-state index in [1.807, 2.05) is 35.9 Å². The van der Waals surface area contributed by atoms with Gasteiger partial charge in [0.05, 0.1) is 11.9 Å². The lowest BCUT2D eigenvalue weighted by molar-refractivity contribution is -0.119. The Bertz CT molecular complexity index is 1280. The van der Waals surface area contributed by atoms with Crippen LogP contribution in [-0.2, 0) is 11.3 Å². The van der Waals surface area contributed by atoms with Crippen LogP contribution in [0.3, 0.4) is 0 Å². The summed E-state index contributed by atoms with van der Waals surface area (Å²) in [6.07, 6.45) is 3.35. The molecule has 4 rings (SSSR count). The summed E-state index contributed by atoms with van der Waals surface area (Å²) < 4.78 is 15.0. The molecule has 0 fully saturated rings. The molecule has 0 bridgehead atoms. The quantitative estimate of drug-likeness (QED) is 0.372. The Morgan fingerprint density at radius 3 is 2.52 bits per heavy atom. The smallest absolute Gasteiger partial charge is 0.276 e. The largest absolute Gasteiger partial charge is 0.352 e. The average molecular weight is 482 g/mol. The second-order valence-corrected chi connectivity index (χ2v) is 8.67. The van der Waals surface area contributed by atoms with Crippen LogP contribution in [0.25, 0.3) is 16.9 Å². The van der Waals surface area contributed by atoms with Crippen molar-refractivity contribution in [2.24, 2.45) is 0 Å². The van der Waals surface area contributed by atoms with Crippen molar-refractivity contribution in [1.82, 2.24) is 19.9 Å². The van der Waals surface area contributed by atoms with E-state index in [1.54, 1.807) is 16.7 Å². The summed E-state index contributed by atoms with van der Waals surface area (Å²) in [6.45, 7) is 1.95. The number of carbonyl (C=O) groups is 2. The fraction of sp³-hybridized carbons (Fsp3) is 0.130. The summed E-state index contributed by atoms with van der Waals surface area (Å²) >= 11 is 2.71. The van der Waals surface area contributed by atoms with Gasteiger partial charge >= 0.3 is 0 Å². The first-order valence-electron chi connectivity index (χ1n) is 9.93. The number of halogens is 1. The van der Waals surface area contributed by atoms with Crippen LogP contribution in [0.1, 0.15) is 23.0 Å². The predicted octanol–water partition coefficient (Wildman–Crippen LogP) is 4.75. The lowest BCUT2D eigenvalue weighted by Crippen LogP contribution is -2.18. The van der Waals surface area contributed by atoms with E-state index in [4.69, 9.17) is 0 Å². The van der Waals surface area contributed by atoms with E-state index >= 15 is 0 Å². The summed E-state index contributed by atoms with van der Waals surface area (Å²) in [5, 5.41) is 8.52. The second kappa shape index (κ2) is 9.97. The second-order valence-electron chi connectivity index (χ2n) is 7.04. The highest BCUT2D eigenvalue weighted by atomic mass is 32.2. The molecule has 0 atom stereocenters. The maximum Gasteiger partial charge on any atom is 0.276 e. The Morgan fingerprint density at radius 2 is 1.85 bits per heavy atom. The topological polar surface area (TPSA) is 88.9 Å². The number of benzene rings is 2. The Labute approximate surface area is 198 Å². The molecule has 7 nitrogen and oxygen atoms in total. The van der Waals surface area contributed by atoms with Crippen molar-refractivity contribution in [2.75, 3.05) is 11.6 Å². The molecular weight excluding hydrogens is 461 g/mol. The lowest BCUT2D eigenvalue weighted by atomic mass is 10.1. The standard InChI is InChI=1S/C23H20FN5O2S2/c1-14(30)25-11-15-3-5-16(6-4-15)19-13-33-22(27-19)28-21(31)20-12-26-23(32-2)29(20)18-9-7-17(24)8-10-18/h3-10,12-13H,11H2,1-2H3,(H,25,30)(H,27,28,31). The fourth-order valence-electron chi connectivity index (χ4n) is 3.12. The number of imidazole rings is 1. The minimum Gasteiger partial charge on any atom is -0.352 e. The number of rotatable bonds is 7. The Balaban J connectivity index is 1.51. The molecule has 2 heterocycles. The monoisotopic (exact) mass is 481 g/mol. The first-order chi connectivity index (χ1) is 15.9. The van der Waals surface area contributed by atoms with E-state index in [-0.39, 0.29) is 17.6 Å². The van der Waals surface area contributed by atoms with Gasteiger partial charge in [0.1, 0.15) is 11.5 Å². The lowest BCUT2D eigenvalue weighted by Gasteiger charge is -2.10. The van der Waals surface area contributed by atoms with Crippen LogP contribution in [0.2, 0.25) is 0 Å². The van der Waals surface area contributed by atoms with E-state index in [1.165, 1.54) is 48.4 Å². The number of aromatic nitrogens is 3. The highest BCUT2D eigenvalue weighted by Gasteiger charge is 2.19. The van der Waals surface area contributed by atoms with Gasteiger partial charge in [-0.1, -0.05) is 36.0 Å². The minimum absolute atomic E-state index is 0.0793. The number of thiazole rings is 1. The molecule has 2 aromatic heterocycles. The minimum atomic E-state index is -0.362. The number of nitrogens with one attached hydrogen (secondary N) is 2. The molecule has 4 aromatic rings. The van der Waals surface area contributed by atoms with Crippen molar-refractivity contribution in [1.29, 1.82) is 0 Å². The van der Waals surface area contributed by atoms with E-state index in [0.717, 1.165) is 16.8 Å². The zero-order valence-corrected chi connectivity index (χ0v) is 19.5. The van der Waals surface area contributed by atoms with Crippen molar-refractivity contribution >= 4 is 40.0 Å². The van der Waals surface area contributed by atoms with Crippen LogP contribution in [-0.4, -0.2) is 32.6 Å². The summed E-state index contributed by atoms with van der Waals surface area (Å²) in [7, 11) is 0. The molecule has 0 saturated heterocycles. The van der Waals surface area contributed by atoms with Crippen molar-refractivity contribution < 1.29 is 14.0 Å². The molecule has 0 saturated carbocycles. The molecule has 0 aliphatic rings. The van der Waals surface area contributed by atoms with Gasteiger partial charge in [0.15, 0.2) is 10.3 Å². The third-order valence-corrected chi connectivity index (χ3v) is 6.16. The van der Waals surface area contributed by atoms with Crippen LogP contribution in [0, 0.1) is 5.82 Å². The molecular formula is C23H20FN5O2S2. The van der Waals surface area contributed by atoms with Gasteiger partial charge in [-0.05, 0) is 36.1 Å². The molecule has 0 aliphatic carbocycles. The summed E-state index contributed by atoms with van der Waals surface area (Å²) in [5.74, 6) is -0.794. The first kappa shape index (κ1) is 22.7. The molecule has 33 heavy (non-hydrogen) atoms. The number of hydrogen-bond donors (Lipinski definition) is 2. The van der Waals surface area contributed by atoms with Gasteiger partial charge in [-0.15, -0.1) is 11.3 Å². The highest BCUT2D eigenvalue weighted by Crippen LogP contribution is 2.27. The molecule has 0 radical (unpaired) electrons. The molecule has 0 unspecified atom stereocenters. The number of carbonyl (C=O) groups excluding carboxylic acids is 2. The maximum absolute atomic E-state index is 13.4. The average Bonchev–Trinajstić information content (AvgIpc) is 3.45.